The fourth-order valence-corrected chi connectivity index (χ4v) is 5.19. The number of esters is 1. The van der Waals surface area contributed by atoms with Gasteiger partial charge >= 0.3 is 12.1 Å². The Hall–Kier alpha value is -6.96. The molecular formula is C37H30N6O8. The highest BCUT2D eigenvalue weighted by molar-refractivity contribution is 6.01. The summed E-state index contributed by atoms with van der Waals surface area (Å²) in [4.78, 5) is 78.7. The Morgan fingerprint density at radius 3 is 2.35 bits per heavy atom. The van der Waals surface area contributed by atoms with E-state index in [1.54, 1.807) is 66.9 Å². The van der Waals surface area contributed by atoms with Crippen molar-refractivity contribution in [2.45, 2.75) is 25.6 Å². The second-order valence-corrected chi connectivity index (χ2v) is 11.2. The largest absolute Gasteiger partial charge is 0.465 e. The number of fused-ring (bicyclic) bond motifs is 1. The predicted molar refractivity (Wildman–Crippen MR) is 184 cm³/mol. The van der Waals surface area contributed by atoms with Crippen LogP contribution < -0.4 is 16.2 Å². The molecule has 3 aromatic heterocycles. The number of benzene rings is 3. The Balaban J connectivity index is 1.27. The van der Waals surface area contributed by atoms with Gasteiger partial charge in [-0.2, -0.15) is 0 Å². The van der Waals surface area contributed by atoms with Gasteiger partial charge in [0.15, 0.2) is 5.58 Å². The van der Waals surface area contributed by atoms with Gasteiger partial charge in [0.25, 0.3) is 11.4 Å². The molecule has 14 heteroatoms. The molecule has 0 radical (unpaired) electrons. The summed E-state index contributed by atoms with van der Waals surface area (Å²) in [6.07, 6.45) is 3.35. The monoisotopic (exact) mass is 686 g/mol. The van der Waals surface area contributed by atoms with Gasteiger partial charge in [0, 0.05) is 24.4 Å². The van der Waals surface area contributed by atoms with Crippen LogP contribution in [0.1, 0.15) is 32.2 Å². The van der Waals surface area contributed by atoms with Crippen molar-refractivity contribution in [1.82, 2.24) is 24.8 Å². The summed E-state index contributed by atoms with van der Waals surface area (Å²) >= 11 is 0. The predicted octanol–water partition coefficient (Wildman–Crippen LogP) is 4.59. The lowest BCUT2D eigenvalue weighted by atomic mass is 10.0. The number of pyridine rings is 1. The highest BCUT2D eigenvalue weighted by atomic mass is 16.5. The van der Waals surface area contributed by atoms with Crippen LogP contribution in [0.5, 0.6) is 0 Å². The average Bonchev–Trinajstić information content (AvgIpc) is 3.60. The van der Waals surface area contributed by atoms with Crippen LogP contribution in [-0.4, -0.2) is 56.4 Å². The van der Waals surface area contributed by atoms with Gasteiger partial charge in [-0.15, -0.1) is 0 Å². The second-order valence-electron chi connectivity index (χ2n) is 11.2. The molecule has 14 nitrogen and oxygen atoms in total. The van der Waals surface area contributed by atoms with Gasteiger partial charge in [0.2, 0.25) is 11.7 Å². The molecule has 6 aromatic rings. The molecular weight excluding hydrogens is 656 g/mol. The SMILES string of the molecule is COC(=O)c1ccc2oc(C(=O)C(Cc3ccccc3)NC(=O)Cn3c(-c4cccnc4)ncc(NC(=O)OCc4ccccc4)c3=O)nc2c1. The van der Waals surface area contributed by atoms with E-state index in [2.05, 4.69) is 25.6 Å². The van der Waals surface area contributed by atoms with E-state index in [9.17, 15) is 24.0 Å². The number of methoxy groups -OCH3 is 1. The molecule has 2 amide bonds. The Morgan fingerprint density at radius 2 is 1.65 bits per heavy atom. The second kappa shape index (κ2) is 15.5. The van der Waals surface area contributed by atoms with Crippen molar-refractivity contribution in [3.63, 3.8) is 0 Å². The van der Waals surface area contributed by atoms with E-state index in [1.165, 1.54) is 37.7 Å². The van der Waals surface area contributed by atoms with E-state index >= 15 is 0 Å². The van der Waals surface area contributed by atoms with Gasteiger partial charge in [-0.25, -0.2) is 19.6 Å². The average molecular weight is 687 g/mol. The van der Waals surface area contributed by atoms with Gasteiger partial charge in [0.05, 0.1) is 18.9 Å². The third-order valence-corrected chi connectivity index (χ3v) is 7.67. The lowest BCUT2D eigenvalue weighted by Gasteiger charge is -2.18. The van der Waals surface area contributed by atoms with Crippen LogP contribution in [0.2, 0.25) is 0 Å². The van der Waals surface area contributed by atoms with Gasteiger partial charge in [-0.05, 0) is 41.5 Å². The zero-order valence-electron chi connectivity index (χ0n) is 27.1. The van der Waals surface area contributed by atoms with Crippen molar-refractivity contribution in [3.8, 4) is 11.4 Å². The number of carbonyl (C=O) groups is 4. The van der Waals surface area contributed by atoms with E-state index in [0.29, 0.717) is 5.56 Å². The first-order valence-corrected chi connectivity index (χ1v) is 15.6. The summed E-state index contributed by atoms with van der Waals surface area (Å²) in [5, 5.41) is 5.13. The number of nitrogens with one attached hydrogen (secondary N) is 2. The zero-order chi connectivity index (χ0) is 35.7. The molecule has 0 saturated heterocycles. The van der Waals surface area contributed by atoms with Crippen molar-refractivity contribution in [2.75, 3.05) is 12.4 Å². The third-order valence-electron chi connectivity index (χ3n) is 7.67. The summed E-state index contributed by atoms with van der Waals surface area (Å²) in [5.74, 6) is -2.13. The zero-order valence-corrected chi connectivity index (χ0v) is 27.1. The number of oxazole rings is 1. The van der Waals surface area contributed by atoms with Crippen molar-refractivity contribution in [2.24, 2.45) is 0 Å². The topological polar surface area (TPSA) is 185 Å². The molecule has 0 saturated carbocycles. The number of ether oxygens (including phenoxy) is 2. The molecule has 51 heavy (non-hydrogen) atoms. The molecule has 0 aliphatic rings. The van der Waals surface area contributed by atoms with E-state index in [4.69, 9.17) is 13.9 Å². The van der Waals surface area contributed by atoms with E-state index < -0.39 is 41.9 Å². The third kappa shape index (κ3) is 8.20. The summed E-state index contributed by atoms with van der Waals surface area (Å²) in [6, 6.07) is 24.5. The molecule has 0 bridgehead atoms. The molecule has 3 aromatic carbocycles. The van der Waals surface area contributed by atoms with Crippen LogP contribution in [0.4, 0.5) is 10.5 Å². The maximum absolute atomic E-state index is 13.9. The van der Waals surface area contributed by atoms with Crippen LogP contribution in [0, 0.1) is 0 Å². The van der Waals surface area contributed by atoms with E-state index in [0.717, 1.165) is 15.7 Å². The molecule has 0 aliphatic carbocycles. The number of rotatable bonds is 12. The van der Waals surface area contributed by atoms with Gasteiger partial charge in [-0.1, -0.05) is 60.7 Å². The number of ketones is 1. The van der Waals surface area contributed by atoms with Crippen LogP contribution in [-0.2, 0) is 33.8 Å². The fraction of sp³-hybridized carbons (Fsp3) is 0.135. The fourth-order valence-electron chi connectivity index (χ4n) is 5.19. The van der Waals surface area contributed by atoms with Gasteiger partial charge < -0.3 is 19.2 Å². The molecule has 1 atom stereocenters. The number of anilines is 1. The summed E-state index contributed by atoms with van der Waals surface area (Å²) < 4.78 is 16.8. The van der Waals surface area contributed by atoms with E-state index in [-0.39, 0.29) is 47.1 Å². The lowest BCUT2D eigenvalue weighted by Crippen LogP contribution is -2.45. The Morgan fingerprint density at radius 1 is 0.902 bits per heavy atom. The van der Waals surface area contributed by atoms with Gasteiger partial charge in [0.1, 0.15) is 36.2 Å². The normalized spacial score (nSPS) is 11.4. The Bertz CT molecular complexity index is 2260. The van der Waals surface area contributed by atoms with Crippen LogP contribution >= 0.6 is 0 Å². The highest BCUT2D eigenvalue weighted by Crippen LogP contribution is 2.20. The summed E-state index contributed by atoms with van der Waals surface area (Å²) in [7, 11) is 1.25. The number of Topliss-reactive ketones (excluding diaryl/α,β-unsaturated/α-hetero) is 1. The van der Waals surface area contributed by atoms with Gasteiger partial charge in [-0.3, -0.25) is 29.3 Å². The Labute approximate surface area is 290 Å². The first-order chi connectivity index (χ1) is 24.8. The standard InChI is InChI=1S/C37H30N6O8/c1-49-36(47)25-14-15-30-27(18-25)41-34(51-30)32(45)28(17-23-9-4-2-5-10-23)40-31(44)21-43-33(26-13-8-16-38-19-26)39-20-29(35(43)46)42-37(48)50-22-24-11-6-3-7-12-24/h2-16,18-20,28H,17,21-22H2,1H3,(H,40,44)(H,42,48). The first-order valence-electron chi connectivity index (χ1n) is 15.6. The van der Waals surface area contributed by atoms with Crippen molar-refractivity contribution in [3.05, 3.63) is 143 Å². The molecule has 0 fully saturated rings. The Kier molecular flexibility index (Phi) is 10.3. The molecule has 0 aliphatic heterocycles. The number of hydrogen-bond donors (Lipinski definition) is 2. The highest BCUT2D eigenvalue weighted by Gasteiger charge is 2.28. The number of carbonyl (C=O) groups excluding carboxylic acids is 4. The quantitative estimate of drug-likeness (QED) is 0.136. The molecule has 3 heterocycles. The van der Waals surface area contributed by atoms with Crippen molar-refractivity contribution < 1.29 is 33.1 Å². The first kappa shape index (κ1) is 33.9. The molecule has 256 valence electrons. The van der Waals surface area contributed by atoms with E-state index in [1.807, 2.05) is 12.1 Å². The summed E-state index contributed by atoms with van der Waals surface area (Å²) in [5.41, 5.74) is 1.64. The van der Waals surface area contributed by atoms with Crippen molar-refractivity contribution in [1.29, 1.82) is 0 Å². The number of hydrogen-bond acceptors (Lipinski definition) is 11. The molecule has 1 unspecified atom stereocenters. The van der Waals surface area contributed by atoms with Crippen molar-refractivity contribution >= 4 is 40.5 Å². The number of aromatic nitrogens is 4. The molecule has 0 spiro atoms. The minimum absolute atomic E-state index is 0.0339. The van der Waals surface area contributed by atoms with Crippen LogP contribution in [0.15, 0.2) is 119 Å². The summed E-state index contributed by atoms with van der Waals surface area (Å²) in [6.45, 7) is -0.618. The minimum atomic E-state index is -1.17. The molecule has 2 N–H and O–H groups in total. The maximum Gasteiger partial charge on any atom is 0.412 e. The minimum Gasteiger partial charge on any atom is -0.465 e. The number of nitrogens with zero attached hydrogens (tertiary/aromatic N) is 4. The number of amides is 2. The smallest absolute Gasteiger partial charge is 0.412 e. The lowest BCUT2D eigenvalue weighted by molar-refractivity contribution is -0.122. The molecule has 6 rings (SSSR count). The van der Waals surface area contributed by atoms with Crippen LogP contribution in [0.3, 0.4) is 0 Å². The maximum atomic E-state index is 13.9. The van der Waals surface area contributed by atoms with Crippen LogP contribution in [0.25, 0.3) is 22.5 Å².